The number of nitrogens with zero attached hydrogens (tertiary/aromatic N) is 10. The first-order chi connectivity index (χ1) is 41.0. The first-order valence-corrected chi connectivity index (χ1v) is 29.2. The van der Waals surface area contributed by atoms with E-state index in [0.29, 0.717) is 97.8 Å². The molecule has 3 atom stereocenters. The Bertz CT molecular complexity index is 3460. The number of nitrogen functional groups attached to an aromatic ring is 1. The van der Waals surface area contributed by atoms with Crippen molar-refractivity contribution >= 4 is 64.3 Å². The van der Waals surface area contributed by atoms with E-state index in [1.807, 2.05) is 50.2 Å². The zero-order chi connectivity index (χ0) is 60.1. The van der Waals surface area contributed by atoms with Crippen LogP contribution in [0, 0.1) is 5.82 Å². The predicted molar refractivity (Wildman–Crippen MR) is 321 cm³/mol. The van der Waals surface area contributed by atoms with Crippen LogP contribution in [0.5, 0.6) is 17.4 Å². The molecule has 0 unspecified atom stereocenters. The summed E-state index contributed by atoms with van der Waals surface area (Å²) in [7, 11) is 6.52. The standard InChI is InChI=1S/C62H70Cl2FN11O9/c1-38(2)85-52-34-45(81-5)18-20-47(52)59-68-56(39-9-13-42(63)14-10-39)57(40-11-15-43(64)16-12-40)76(59)62(80)73-25-24-72(54(78)37-73)27-29-84-31-30-83-28-21-53(77)70(3)23-26-75-61(82-6)55-41-32-51(58(66)67-35-41)74-22-7-8-50(74)48-33-44(65)17-19-46(48)60(79)71(4)36-49(55)69-75/h9-20,32-35,38,50,56-57H,7-8,21-31,36-37H2,1-6H3,(H2,66,67)/t50-,56+,57-/m1/s1. The fourth-order valence-electron chi connectivity index (χ4n) is 11.5. The minimum Gasteiger partial charge on any atom is -0.497 e. The lowest BCUT2D eigenvalue weighted by molar-refractivity contribution is -0.135. The molecule has 0 aliphatic carbocycles. The Hall–Kier alpha value is -7.98. The molecule has 4 aromatic carbocycles. The van der Waals surface area contributed by atoms with Gasteiger partial charge in [0.25, 0.3) is 5.91 Å². The molecule has 448 valence electrons. The molecule has 4 aliphatic heterocycles. The summed E-state index contributed by atoms with van der Waals surface area (Å²) in [6.07, 6.45) is 3.10. The molecule has 0 radical (unpaired) electrons. The van der Waals surface area contributed by atoms with Crippen LogP contribution in [0.2, 0.25) is 10.0 Å². The number of aliphatic imine (C=N–C) groups is 1. The minimum atomic E-state index is -0.635. The number of anilines is 2. The van der Waals surface area contributed by atoms with Gasteiger partial charge in [-0.2, -0.15) is 5.10 Å². The molecular weight excluding hydrogens is 1130 g/mol. The van der Waals surface area contributed by atoms with Crippen LogP contribution in [0.1, 0.15) is 89.5 Å². The number of halogens is 3. The summed E-state index contributed by atoms with van der Waals surface area (Å²) in [4.78, 5) is 76.5. The highest BCUT2D eigenvalue weighted by atomic mass is 35.5. The van der Waals surface area contributed by atoms with E-state index in [0.717, 1.165) is 17.5 Å². The molecule has 2 bridgehead atoms. The second-order valence-corrected chi connectivity index (χ2v) is 22.5. The molecule has 2 saturated heterocycles. The summed E-state index contributed by atoms with van der Waals surface area (Å²) < 4.78 is 46.1. The third kappa shape index (κ3) is 13.1. The zero-order valence-corrected chi connectivity index (χ0v) is 50.0. The fourth-order valence-corrected chi connectivity index (χ4v) is 11.7. The van der Waals surface area contributed by atoms with Gasteiger partial charge in [-0.05, 0) is 104 Å². The van der Waals surface area contributed by atoms with Gasteiger partial charge >= 0.3 is 6.03 Å². The molecule has 2 fully saturated rings. The van der Waals surface area contributed by atoms with Gasteiger partial charge in [0, 0.05) is 80.3 Å². The number of pyridine rings is 1. The number of methoxy groups -OCH3 is 2. The molecule has 6 heterocycles. The molecule has 4 aliphatic rings. The van der Waals surface area contributed by atoms with E-state index in [2.05, 4.69) is 9.88 Å². The highest BCUT2D eigenvalue weighted by Crippen LogP contribution is 2.47. The average molecular weight is 1200 g/mol. The number of benzene rings is 4. The molecule has 2 N–H and O–H groups in total. The van der Waals surface area contributed by atoms with Crippen LogP contribution in [0.3, 0.4) is 0 Å². The third-order valence-electron chi connectivity index (χ3n) is 15.7. The van der Waals surface area contributed by atoms with Gasteiger partial charge in [0.1, 0.15) is 41.6 Å². The summed E-state index contributed by atoms with van der Waals surface area (Å²) in [5.41, 5.74) is 12.3. The Kier molecular flexibility index (Phi) is 18.8. The number of likely N-dealkylation sites (N-methyl/N-ethyl adjacent to an activating group) is 1. The van der Waals surface area contributed by atoms with Crippen molar-refractivity contribution in [1.29, 1.82) is 0 Å². The number of urea groups is 1. The maximum atomic E-state index is 15.1. The number of rotatable bonds is 19. The Balaban J connectivity index is 0.720. The van der Waals surface area contributed by atoms with Gasteiger partial charge < -0.3 is 53.9 Å². The summed E-state index contributed by atoms with van der Waals surface area (Å²) in [5.74, 6) is 1.11. The first kappa shape index (κ1) is 60.2. The van der Waals surface area contributed by atoms with Gasteiger partial charge in [0.2, 0.25) is 17.7 Å². The molecule has 6 aromatic rings. The molecule has 20 nitrogen and oxygen atoms in total. The number of hydrogen-bond donors (Lipinski definition) is 1. The number of piperazine rings is 1. The second kappa shape index (κ2) is 26.5. The molecule has 85 heavy (non-hydrogen) atoms. The van der Waals surface area contributed by atoms with Crippen molar-refractivity contribution in [2.45, 2.75) is 70.4 Å². The van der Waals surface area contributed by atoms with E-state index in [-0.39, 0.29) is 102 Å². The minimum absolute atomic E-state index is 0.108. The van der Waals surface area contributed by atoms with Crippen molar-refractivity contribution in [2.24, 2.45) is 4.99 Å². The maximum absolute atomic E-state index is 15.1. The van der Waals surface area contributed by atoms with Gasteiger partial charge in [-0.3, -0.25) is 24.3 Å². The molecular formula is C62H70Cl2FN11O9. The van der Waals surface area contributed by atoms with Crippen LogP contribution >= 0.6 is 23.2 Å². The number of ether oxygens (including phenoxy) is 5. The summed E-state index contributed by atoms with van der Waals surface area (Å²) in [6.45, 7) is 6.70. The Morgan fingerprint density at radius 2 is 1.55 bits per heavy atom. The molecule has 23 heteroatoms. The van der Waals surface area contributed by atoms with E-state index >= 15 is 4.79 Å². The normalized spacial score (nSPS) is 17.7. The van der Waals surface area contributed by atoms with E-state index in [9.17, 15) is 18.8 Å². The van der Waals surface area contributed by atoms with Crippen molar-refractivity contribution in [3.05, 3.63) is 147 Å². The molecule has 0 saturated carbocycles. The summed E-state index contributed by atoms with van der Waals surface area (Å²) in [5, 5.41) is 6.03. The Morgan fingerprint density at radius 1 is 0.835 bits per heavy atom. The lowest BCUT2D eigenvalue weighted by Crippen LogP contribution is -2.56. The highest BCUT2D eigenvalue weighted by Gasteiger charge is 2.46. The third-order valence-corrected chi connectivity index (χ3v) is 16.2. The fraction of sp³-hybridized carbons (Fsp3) is 0.403. The number of carbonyl (C=O) groups excluding carboxylic acids is 4. The van der Waals surface area contributed by atoms with Gasteiger partial charge in [0.15, 0.2) is 0 Å². The molecule has 10 rings (SSSR count). The molecule has 5 amide bonds. The second-order valence-electron chi connectivity index (χ2n) is 21.6. The van der Waals surface area contributed by atoms with E-state index in [1.54, 1.807) is 106 Å². The molecule has 0 spiro atoms. The quantitative estimate of drug-likeness (QED) is 0.0753. The summed E-state index contributed by atoms with van der Waals surface area (Å²) >= 11 is 12.7. The van der Waals surface area contributed by atoms with Crippen molar-refractivity contribution < 1.29 is 47.3 Å². The maximum Gasteiger partial charge on any atom is 0.326 e. The van der Waals surface area contributed by atoms with Gasteiger partial charge in [-0.25, -0.2) is 18.9 Å². The van der Waals surface area contributed by atoms with Crippen molar-refractivity contribution in [2.75, 3.05) is 105 Å². The number of nitrogens with two attached hydrogens (primary N) is 1. The van der Waals surface area contributed by atoms with E-state index in [1.165, 1.54) is 12.1 Å². The van der Waals surface area contributed by atoms with Crippen molar-refractivity contribution in [1.82, 2.24) is 39.3 Å². The SMILES string of the molecule is COc1ccc(C2=N[C@@H](c3ccc(Cl)cc3)[C@@H](c3ccc(Cl)cc3)N2C(=O)N2CCN(CCOCCOCCC(=O)N(C)CCn3nc4c(c3OC)-c3cnc(N)c(c3)N3CCC[C@@H]3c3cc(F)ccc3C(=O)N(C)C4)C(=O)C2)c(OC(C)C)c1. The number of hydrogen-bond acceptors (Lipinski definition) is 14. The molecule has 2 aromatic heterocycles. The topological polar surface area (TPSA) is 203 Å². The highest BCUT2D eigenvalue weighted by molar-refractivity contribution is 6.30. The number of carbonyl (C=O) groups is 4. The smallest absolute Gasteiger partial charge is 0.326 e. The first-order valence-electron chi connectivity index (χ1n) is 28.4. The van der Waals surface area contributed by atoms with Crippen LogP contribution in [0.4, 0.5) is 20.7 Å². The van der Waals surface area contributed by atoms with Gasteiger partial charge in [-0.15, -0.1) is 0 Å². The van der Waals surface area contributed by atoms with Crippen LogP contribution in [-0.2, 0) is 32.2 Å². The van der Waals surface area contributed by atoms with Crippen molar-refractivity contribution in [3.8, 4) is 28.5 Å². The van der Waals surface area contributed by atoms with Crippen LogP contribution < -0.4 is 24.8 Å². The van der Waals surface area contributed by atoms with Crippen LogP contribution in [-0.4, -0.2) is 169 Å². The Morgan fingerprint density at radius 3 is 2.26 bits per heavy atom. The number of aromatic nitrogens is 3. The average Bonchev–Trinajstić information content (AvgIpc) is 3.26. The lowest BCUT2D eigenvalue weighted by Gasteiger charge is -2.38. The van der Waals surface area contributed by atoms with Crippen LogP contribution in [0.25, 0.3) is 11.1 Å². The van der Waals surface area contributed by atoms with E-state index in [4.69, 9.17) is 62.7 Å². The summed E-state index contributed by atoms with van der Waals surface area (Å²) in [6, 6.07) is 24.5. The Labute approximate surface area is 503 Å². The number of amidine groups is 1. The monoisotopic (exact) mass is 1200 g/mol. The zero-order valence-electron chi connectivity index (χ0n) is 48.5. The number of amides is 5. The van der Waals surface area contributed by atoms with Crippen LogP contribution in [0.15, 0.2) is 102 Å². The van der Waals surface area contributed by atoms with Gasteiger partial charge in [0.05, 0.1) is 101 Å². The lowest BCUT2D eigenvalue weighted by atomic mass is 9.93. The largest absolute Gasteiger partial charge is 0.497 e. The van der Waals surface area contributed by atoms with Crippen molar-refractivity contribution in [3.63, 3.8) is 0 Å². The predicted octanol–water partition coefficient (Wildman–Crippen LogP) is 9.10. The number of fused-ring (bicyclic) bond motifs is 8. The van der Waals surface area contributed by atoms with E-state index < -0.39 is 23.9 Å². The van der Waals surface area contributed by atoms with Gasteiger partial charge in [-0.1, -0.05) is 47.5 Å².